The Morgan fingerprint density at radius 2 is 1.90 bits per heavy atom. The zero-order chi connectivity index (χ0) is 14.8. The van der Waals surface area contributed by atoms with Crippen molar-refractivity contribution >= 4 is 17.4 Å². The molecule has 0 aromatic carbocycles. The van der Waals surface area contributed by atoms with Crippen LogP contribution >= 0.6 is 11.6 Å². The first-order chi connectivity index (χ1) is 9.43. The molecule has 4 nitrogen and oxygen atoms in total. The molecule has 1 aliphatic heterocycles. The molecule has 112 valence electrons. The van der Waals surface area contributed by atoms with Gasteiger partial charge < -0.3 is 10.8 Å². The molecule has 0 saturated carbocycles. The molecule has 1 aromatic rings. The highest BCUT2D eigenvalue weighted by Gasteiger charge is 2.36. The van der Waals surface area contributed by atoms with Crippen molar-refractivity contribution in [2.45, 2.75) is 51.2 Å². The Kier molecular flexibility index (Phi) is 4.89. The van der Waals surface area contributed by atoms with Gasteiger partial charge in [-0.15, -0.1) is 0 Å². The van der Waals surface area contributed by atoms with Crippen molar-refractivity contribution in [3.05, 3.63) is 22.8 Å². The molecule has 0 radical (unpaired) electrons. The van der Waals surface area contributed by atoms with Crippen molar-refractivity contribution in [2.24, 2.45) is 0 Å². The summed E-state index contributed by atoms with van der Waals surface area (Å²) in [5.74, 6) is 0.352. The van der Waals surface area contributed by atoms with E-state index in [2.05, 4.69) is 23.7 Å². The fraction of sp³-hybridized carbons (Fsp3) is 0.667. The molecule has 3 N–H and O–H groups in total. The van der Waals surface area contributed by atoms with Crippen molar-refractivity contribution in [3.63, 3.8) is 0 Å². The van der Waals surface area contributed by atoms with E-state index in [1.165, 1.54) is 31.9 Å². The van der Waals surface area contributed by atoms with Crippen molar-refractivity contribution in [2.75, 3.05) is 18.8 Å². The van der Waals surface area contributed by atoms with Gasteiger partial charge in [-0.3, -0.25) is 4.90 Å². The number of anilines is 1. The first-order valence-corrected chi connectivity index (χ1v) is 7.65. The molecule has 5 heteroatoms. The van der Waals surface area contributed by atoms with Crippen molar-refractivity contribution < 1.29 is 5.11 Å². The zero-order valence-corrected chi connectivity index (χ0v) is 13.0. The van der Waals surface area contributed by atoms with Gasteiger partial charge in [0.05, 0.1) is 5.02 Å². The normalized spacial score (nSPS) is 19.6. The third-order valence-electron chi connectivity index (χ3n) is 4.30. The van der Waals surface area contributed by atoms with Gasteiger partial charge in [0.15, 0.2) is 0 Å². The van der Waals surface area contributed by atoms with Crippen LogP contribution in [0.15, 0.2) is 12.3 Å². The van der Waals surface area contributed by atoms with Crippen LogP contribution in [0.2, 0.25) is 5.02 Å². The summed E-state index contributed by atoms with van der Waals surface area (Å²) in [4.78, 5) is 6.40. The molecule has 2 heterocycles. The number of nitrogen functional groups attached to an aromatic ring is 1. The molecule has 2 rings (SSSR count). The van der Waals surface area contributed by atoms with Gasteiger partial charge in [0.1, 0.15) is 11.9 Å². The number of rotatable bonds is 3. The SMILES string of the molecule is CC(C)(C(O)c1cc(Cl)cnc1N)N1CCCCCC1. The van der Waals surface area contributed by atoms with Crippen LogP contribution in [-0.2, 0) is 0 Å². The van der Waals surface area contributed by atoms with Crippen LogP contribution < -0.4 is 5.73 Å². The molecule has 1 saturated heterocycles. The number of pyridine rings is 1. The van der Waals surface area contributed by atoms with E-state index in [9.17, 15) is 5.11 Å². The Morgan fingerprint density at radius 3 is 2.50 bits per heavy atom. The van der Waals surface area contributed by atoms with Crippen LogP contribution in [0.1, 0.15) is 51.2 Å². The van der Waals surface area contributed by atoms with E-state index in [1.807, 2.05) is 0 Å². The molecule has 0 amide bonds. The smallest absolute Gasteiger partial charge is 0.129 e. The lowest BCUT2D eigenvalue weighted by Gasteiger charge is -2.41. The van der Waals surface area contributed by atoms with Crippen LogP contribution in [0.5, 0.6) is 0 Å². The van der Waals surface area contributed by atoms with Gasteiger partial charge >= 0.3 is 0 Å². The first kappa shape index (κ1) is 15.5. The standard InChI is InChI=1S/C15H24ClN3O/c1-15(2,19-7-5-3-4-6-8-19)13(20)12-9-11(16)10-18-14(12)17/h9-10,13,20H,3-8H2,1-2H3,(H2,17,18). The molecular weight excluding hydrogens is 274 g/mol. The number of nitrogens with zero attached hydrogens (tertiary/aromatic N) is 2. The minimum Gasteiger partial charge on any atom is -0.386 e. The number of aromatic nitrogens is 1. The Labute approximate surface area is 125 Å². The first-order valence-electron chi connectivity index (χ1n) is 7.27. The number of hydrogen-bond donors (Lipinski definition) is 2. The van der Waals surface area contributed by atoms with Crippen molar-refractivity contribution in [1.82, 2.24) is 9.88 Å². The minimum absolute atomic E-state index is 0.352. The van der Waals surface area contributed by atoms with E-state index < -0.39 is 6.10 Å². The van der Waals surface area contributed by atoms with Gasteiger partial charge in [0, 0.05) is 17.3 Å². The summed E-state index contributed by atoms with van der Waals surface area (Å²) >= 11 is 5.98. The molecule has 0 spiro atoms. The number of likely N-dealkylation sites (tertiary alicyclic amines) is 1. The highest BCUT2D eigenvalue weighted by Crippen LogP contribution is 2.35. The predicted molar refractivity (Wildman–Crippen MR) is 82.7 cm³/mol. The Bertz CT molecular complexity index is 456. The average Bonchev–Trinajstić information content (AvgIpc) is 2.70. The number of aliphatic hydroxyl groups excluding tert-OH is 1. The van der Waals surface area contributed by atoms with E-state index in [0.717, 1.165) is 13.1 Å². The minimum atomic E-state index is -0.702. The maximum atomic E-state index is 10.8. The van der Waals surface area contributed by atoms with Gasteiger partial charge in [-0.1, -0.05) is 24.4 Å². The fourth-order valence-electron chi connectivity index (χ4n) is 2.88. The van der Waals surface area contributed by atoms with E-state index in [0.29, 0.717) is 16.4 Å². The molecule has 1 aromatic heterocycles. The molecular formula is C15H24ClN3O. The van der Waals surface area contributed by atoms with Gasteiger partial charge in [0.2, 0.25) is 0 Å². The average molecular weight is 298 g/mol. The Morgan fingerprint density at radius 1 is 1.30 bits per heavy atom. The lowest BCUT2D eigenvalue weighted by atomic mass is 9.89. The maximum absolute atomic E-state index is 10.8. The van der Waals surface area contributed by atoms with Crippen molar-refractivity contribution in [1.29, 1.82) is 0 Å². The summed E-state index contributed by atoms with van der Waals surface area (Å²) in [6.07, 6.45) is 5.70. The van der Waals surface area contributed by atoms with Crippen LogP contribution in [0.25, 0.3) is 0 Å². The lowest BCUT2D eigenvalue weighted by Crippen LogP contribution is -2.49. The lowest BCUT2D eigenvalue weighted by molar-refractivity contribution is -0.00974. The van der Waals surface area contributed by atoms with Crippen LogP contribution in [0, 0.1) is 0 Å². The van der Waals surface area contributed by atoms with Gasteiger partial charge in [0.25, 0.3) is 0 Å². The summed E-state index contributed by atoms with van der Waals surface area (Å²) in [7, 11) is 0. The third-order valence-corrected chi connectivity index (χ3v) is 4.51. The predicted octanol–water partition coefficient (Wildman–Crippen LogP) is 3.01. The quantitative estimate of drug-likeness (QED) is 0.900. The van der Waals surface area contributed by atoms with Crippen molar-refractivity contribution in [3.8, 4) is 0 Å². The molecule has 0 aliphatic carbocycles. The Balaban J connectivity index is 2.24. The summed E-state index contributed by atoms with van der Waals surface area (Å²) in [6, 6.07) is 1.72. The van der Waals surface area contributed by atoms with E-state index in [-0.39, 0.29) is 5.54 Å². The van der Waals surface area contributed by atoms with Gasteiger partial charge in [-0.2, -0.15) is 0 Å². The fourth-order valence-corrected chi connectivity index (χ4v) is 3.05. The topological polar surface area (TPSA) is 62.4 Å². The second kappa shape index (κ2) is 6.29. The van der Waals surface area contributed by atoms with Gasteiger partial charge in [-0.25, -0.2) is 4.98 Å². The van der Waals surface area contributed by atoms with E-state index in [1.54, 1.807) is 6.07 Å². The van der Waals surface area contributed by atoms with Crippen LogP contribution in [0.4, 0.5) is 5.82 Å². The zero-order valence-electron chi connectivity index (χ0n) is 12.3. The largest absolute Gasteiger partial charge is 0.386 e. The molecule has 1 aliphatic rings. The number of hydrogen-bond acceptors (Lipinski definition) is 4. The number of nitrogens with two attached hydrogens (primary N) is 1. The van der Waals surface area contributed by atoms with Crippen LogP contribution in [-0.4, -0.2) is 33.6 Å². The second-order valence-corrected chi connectivity index (χ2v) is 6.52. The highest BCUT2D eigenvalue weighted by molar-refractivity contribution is 6.30. The van der Waals surface area contributed by atoms with E-state index >= 15 is 0 Å². The molecule has 20 heavy (non-hydrogen) atoms. The van der Waals surface area contributed by atoms with Gasteiger partial charge in [-0.05, 0) is 45.8 Å². The third kappa shape index (κ3) is 3.25. The van der Waals surface area contributed by atoms with Crippen LogP contribution in [0.3, 0.4) is 0 Å². The van der Waals surface area contributed by atoms with E-state index in [4.69, 9.17) is 17.3 Å². The summed E-state index contributed by atoms with van der Waals surface area (Å²) < 4.78 is 0. The molecule has 0 bridgehead atoms. The summed E-state index contributed by atoms with van der Waals surface area (Å²) in [5.41, 5.74) is 6.13. The maximum Gasteiger partial charge on any atom is 0.129 e. The molecule has 1 atom stereocenters. The number of aliphatic hydroxyl groups is 1. The number of halogens is 1. The summed E-state index contributed by atoms with van der Waals surface area (Å²) in [6.45, 7) is 6.14. The highest BCUT2D eigenvalue weighted by atomic mass is 35.5. The Hall–Kier alpha value is -0.840. The monoisotopic (exact) mass is 297 g/mol. The summed E-state index contributed by atoms with van der Waals surface area (Å²) in [5, 5.41) is 11.3. The second-order valence-electron chi connectivity index (χ2n) is 6.09. The molecule has 1 fully saturated rings. The molecule has 1 unspecified atom stereocenters.